The van der Waals surface area contributed by atoms with Crippen LogP contribution in [0.2, 0.25) is 0 Å². The van der Waals surface area contributed by atoms with Gasteiger partial charge in [-0.15, -0.1) is 43.1 Å². The minimum atomic E-state index is 0.00546. The van der Waals surface area contributed by atoms with E-state index in [4.69, 9.17) is 4.42 Å². The highest BCUT2D eigenvalue weighted by atomic mass is 32.2. The lowest BCUT2D eigenvalue weighted by molar-refractivity contribution is 0.509. The number of rotatable bonds is 7. The molecule has 4 heterocycles. The predicted octanol–water partition coefficient (Wildman–Crippen LogP) is 4.55. The highest BCUT2D eigenvalue weighted by molar-refractivity contribution is 7.99. The van der Waals surface area contributed by atoms with E-state index in [0.717, 1.165) is 23.0 Å². The van der Waals surface area contributed by atoms with Gasteiger partial charge in [0.15, 0.2) is 5.16 Å². The van der Waals surface area contributed by atoms with Crippen LogP contribution < -0.4 is 0 Å². The van der Waals surface area contributed by atoms with Crippen molar-refractivity contribution in [1.82, 2.24) is 25.0 Å². The molecule has 25 heavy (non-hydrogen) atoms. The van der Waals surface area contributed by atoms with Crippen LogP contribution in [0.3, 0.4) is 0 Å². The van der Waals surface area contributed by atoms with Gasteiger partial charge in [0, 0.05) is 11.4 Å². The quantitative estimate of drug-likeness (QED) is 0.432. The van der Waals surface area contributed by atoms with Crippen LogP contribution in [0.15, 0.2) is 50.9 Å². The zero-order valence-electron chi connectivity index (χ0n) is 13.4. The normalized spacial score (nSPS) is 12.5. The smallest absolute Gasteiger partial charge is 0.257 e. The number of nitrogens with zero attached hydrogens (tertiary/aromatic N) is 5. The summed E-state index contributed by atoms with van der Waals surface area (Å²) in [6.07, 6.45) is 2.74. The van der Waals surface area contributed by atoms with Gasteiger partial charge in [0.25, 0.3) is 5.89 Å². The van der Waals surface area contributed by atoms with E-state index >= 15 is 0 Å². The largest absolute Gasteiger partial charge is 0.419 e. The zero-order chi connectivity index (χ0) is 17.1. The van der Waals surface area contributed by atoms with Crippen molar-refractivity contribution in [2.45, 2.75) is 30.3 Å². The van der Waals surface area contributed by atoms with E-state index in [1.54, 1.807) is 40.8 Å². The van der Waals surface area contributed by atoms with Crippen molar-refractivity contribution in [3.8, 4) is 10.8 Å². The first-order valence-corrected chi connectivity index (χ1v) is 10.4. The van der Waals surface area contributed by atoms with E-state index < -0.39 is 0 Å². The summed E-state index contributed by atoms with van der Waals surface area (Å²) < 4.78 is 7.88. The third kappa shape index (κ3) is 3.83. The van der Waals surface area contributed by atoms with Gasteiger partial charge in [-0.2, -0.15) is 0 Å². The summed E-state index contributed by atoms with van der Waals surface area (Å²) in [6, 6.07) is 8.17. The molecule has 6 nitrogen and oxygen atoms in total. The number of hydrogen-bond acceptors (Lipinski definition) is 8. The van der Waals surface area contributed by atoms with Crippen molar-refractivity contribution in [3.63, 3.8) is 0 Å². The second-order valence-corrected chi connectivity index (χ2v) is 8.61. The molecule has 0 saturated heterocycles. The molecule has 1 atom stereocenters. The van der Waals surface area contributed by atoms with Crippen molar-refractivity contribution in [2.24, 2.45) is 0 Å². The fourth-order valence-corrected chi connectivity index (χ4v) is 4.50. The number of hydrogen-bond donors (Lipinski definition) is 0. The van der Waals surface area contributed by atoms with E-state index in [1.807, 2.05) is 24.4 Å². The number of thioether (sulfide) groups is 1. The van der Waals surface area contributed by atoms with Gasteiger partial charge in [0.1, 0.15) is 6.33 Å². The molecule has 0 saturated carbocycles. The first-order chi connectivity index (χ1) is 12.3. The summed E-state index contributed by atoms with van der Waals surface area (Å²) >= 11 is 4.93. The van der Waals surface area contributed by atoms with E-state index in [-0.39, 0.29) is 5.25 Å². The topological polar surface area (TPSA) is 69.6 Å². The van der Waals surface area contributed by atoms with Crippen LogP contribution in [-0.2, 0) is 13.0 Å². The summed E-state index contributed by atoms with van der Waals surface area (Å²) in [5, 5.41) is 21.6. The van der Waals surface area contributed by atoms with Crippen LogP contribution in [0.4, 0.5) is 0 Å². The maximum Gasteiger partial charge on any atom is 0.257 e. The molecule has 0 bridgehead atoms. The molecule has 4 rings (SSSR count). The monoisotopic (exact) mass is 389 g/mol. The van der Waals surface area contributed by atoms with Crippen LogP contribution in [0, 0.1) is 0 Å². The minimum absolute atomic E-state index is 0.00546. The molecule has 0 radical (unpaired) electrons. The van der Waals surface area contributed by atoms with Crippen LogP contribution >= 0.6 is 34.4 Å². The van der Waals surface area contributed by atoms with Gasteiger partial charge < -0.3 is 8.98 Å². The van der Waals surface area contributed by atoms with Gasteiger partial charge in [0.2, 0.25) is 5.89 Å². The first kappa shape index (κ1) is 16.5. The lowest BCUT2D eigenvalue weighted by atomic mass is 10.3. The molecule has 0 aromatic carbocycles. The van der Waals surface area contributed by atoms with Gasteiger partial charge in [-0.25, -0.2) is 0 Å². The molecule has 128 valence electrons. The molecule has 0 fully saturated rings. The highest BCUT2D eigenvalue weighted by Crippen LogP contribution is 2.34. The number of aryl methyl sites for hydroxylation is 2. The lowest BCUT2D eigenvalue weighted by Gasteiger charge is -2.08. The molecule has 0 aliphatic carbocycles. The molecular formula is C16H15N5OS3. The van der Waals surface area contributed by atoms with Crippen molar-refractivity contribution in [1.29, 1.82) is 0 Å². The summed E-state index contributed by atoms with van der Waals surface area (Å²) in [5.74, 6) is 1.16. The van der Waals surface area contributed by atoms with Gasteiger partial charge in [-0.05, 0) is 36.2 Å². The van der Waals surface area contributed by atoms with Gasteiger partial charge in [-0.3, -0.25) is 0 Å². The molecule has 1 unspecified atom stereocenters. The summed E-state index contributed by atoms with van der Waals surface area (Å²) in [4.78, 5) is 2.34. The Morgan fingerprint density at radius 2 is 2.04 bits per heavy atom. The summed E-state index contributed by atoms with van der Waals surface area (Å²) in [6.45, 7) is 2.89. The zero-order valence-corrected chi connectivity index (χ0v) is 15.9. The van der Waals surface area contributed by atoms with Crippen LogP contribution in [0.1, 0.15) is 22.9 Å². The average Bonchev–Trinajstić information content (AvgIpc) is 3.40. The maximum absolute atomic E-state index is 5.81. The Bertz CT molecular complexity index is 914. The van der Waals surface area contributed by atoms with Crippen molar-refractivity contribution in [3.05, 3.63) is 52.1 Å². The molecule has 4 aromatic heterocycles. The van der Waals surface area contributed by atoms with Crippen molar-refractivity contribution >= 4 is 34.4 Å². The third-order valence-electron chi connectivity index (χ3n) is 3.56. The van der Waals surface area contributed by atoms with E-state index in [2.05, 4.69) is 42.5 Å². The number of thiophene rings is 2. The van der Waals surface area contributed by atoms with E-state index in [1.165, 1.54) is 4.88 Å². The lowest BCUT2D eigenvalue weighted by Crippen LogP contribution is -2.02. The Labute approximate surface area is 156 Å². The van der Waals surface area contributed by atoms with E-state index in [9.17, 15) is 0 Å². The van der Waals surface area contributed by atoms with Crippen LogP contribution in [-0.4, -0.2) is 25.0 Å². The number of aromatic nitrogens is 5. The third-order valence-corrected chi connectivity index (χ3v) is 6.44. The fraction of sp³-hybridized carbons (Fsp3) is 0.250. The molecule has 0 spiro atoms. The van der Waals surface area contributed by atoms with Crippen LogP contribution in [0.25, 0.3) is 10.8 Å². The second kappa shape index (κ2) is 7.51. The highest BCUT2D eigenvalue weighted by Gasteiger charge is 2.19. The molecule has 0 aliphatic rings. The Morgan fingerprint density at radius 3 is 2.84 bits per heavy atom. The SMILES string of the molecule is CC(Sc1nncn1CCc1cccs1)c1nnc(-c2cccs2)o1. The Balaban J connectivity index is 1.43. The van der Waals surface area contributed by atoms with Gasteiger partial charge >= 0.3 is 0 Å². The minimum Gasteiger partial charge on any atom is -0.419 e. The fourth-order valence-electron chi connectivity index (χ4n) is 2.28. The summed E-state index contributed by atoms with van der Waals surface area (Å²) in [5.41, 5.74) is 0. The summed E-state index contributed by atoms with van der Waals surface area (Å²) in [7, 11) is 0. The van der Waals surface area contributed by atoms with Gasteiger partial charge in [0.05, 0.1) is 10.1 Å². The van der Waals surface area contributed by atoms with E-state index in [0.29, 0.717) is 11.8 Å². The molecule has 0 amide bonds. The first-order valence-electron chi connectivity index (χ1n) is 7.74. The molecule has 9 heteroatoms. The van der Waals surface area contributed by atoms with Crippen molar-refractivity contribution < 1.29 is 4.42 Å². The average molecular weight is 390 g/mol. The Morgan fingerprint density at radius 1 is 1.16 bits per heavy atom. The predicted molar refractivity (Wildman–Crippen MR) is 99.9 cm³/mol. The second-order valence-electron chi connectivity index (χ2n) is 5.32. The molecule has 0 N–H and O–H groups in total. The molecule has 4 aromatic rings. The maximum atomic E-state index is 5.81. The molecular weight excluding hydrogens is 374 g/mol. The standard InChI is InChI=1S/C16H15N5OS3/c1-11(14-18-19-15(22-14)13-5-3-9-24-13)25-16-20-17-10-21(16)7-6-12-4-2-8-23-12/h2-5,8-11H,6-7H2,1H3. The van der Waals surface area contributed by atoms with Crippen LogP contribution in [0.5, 0.6) is 0 Å². The Hall–Kier alpha value is -1.97. The van der Waals surface area contributed by atoms with Gasteiger partial charge in [-0.1, -0.05) is 23.9 Å². The Kier molecular flexibility index (Phi) is 4.95. The molecule has 0 aliphatic heterocycles. The van der Waals surface area contributed by atoms with Crippen molar-refractivity contribution in [2.75, 3.05) is 0 Å².